The lowest BCUT2D eigenvalue weighted by Crippen LogP contribution is -2.36. The Labute approximate surface area is 231 Å². The van der Waals surface area contributed by atoms with Crippen molar-refractivity contribution in [2.24, 2.45) is 17.3 Å². The molecule has 1 aliphatic carbocycles. The molecule has 0 aromatic carbocycles. The summed E-state index contributed by atoms with van der Waals surface area (Å²) in [6.45, 7) is 12.5. The number of rotatable bonds is 11. The molecule has 39 heavy (non-hydrogen) atoms. The third-order valence-corrected chi connectivity index (χ3v) is 9.46. The molecule has 2 aliphatic rings. The zero-order valence-electron chi connectivity index (χ0n) is 23.2. The Morgan fingerprint density at radius 3 is 2.59 bits per heavy atom. The van der Waals surface area contributed by atoms with E-state index in [2.05, 4.69) is 20.0 Å². The Bertz CT molecular complexity index is 1270. The van der Waals surface area contributed by atoms with Gasteiger partial charge in [-0.05, 0) is 20.8 Å². The number of nitrogens with zero attached hydrogens (tertiary/aromatic N) is 4. The van der Waals surface area contributed by atoms with Crippen molar-refractivity contribution in [3.05, 3.63) is 12.7 Å². The first kappa shape index (κ1) is 29.9. The smallest absolute Gasteiger partial charge is 0.406 e. The number of ether oxygens (including phenoxy) is 2. The molecule has 1 aliphatic heterocycles. The number of carbonyl (C=O) groups excluding carboxylic acids is 2. The summed E-state index contributed by atoms with van der Waals surface area (Å²) in [6, 6.07) is -0.950. The molecule has 0 spiro atoms. The van der Waals surface area contributed by atoms with Crippen molar-refractivity contribution in [2.45, 2.75) is 79.0 Å². The molecule has 0 bridgehead atoms. The van der Waals surface area contributed by atoms with Gasteiger partial charge in [0.2, 0.25) is 0 Å². The maximum absolute atomic E-state index is 13.8. The Balaban J connectivity index is 1.42. The topological polar surface area (TPSA) is 170 Å². The molecule has 2 aromatic rings. The fourth-order valence-electron chi connectivity index (χ4n) is 4.42. The largest absolute Gasteiger partial charge is 0.462 e. The highest BCUT2D eigenvalue weighted by Crippen LogP contribution is 2.61. The average molecular weight is 585 g/mol. The lowest BCUT2D eigenvalue weighted by atomic mass is 10.00. The summed E-state index contributed by atoms with van der Waals surface area (Å²) < 4.78 is 38.8. The SMILES string of the molecule is CC(C)OC(=O)[C@@H](C)NP(=O)(OCCSC(=O)C(C)(C)C)OC1C2[C@@H]1O[C@@H](n1cnc3c(N)ncnc31)[C@H]2C. The van der Waals surface area contributed by atoms with E-state index in [4.69, 9.17) is 24.3 Å². The maximum atomic E-state index is 13.8. The Kier molecular flexibility index (Phi) is 8.75. The van der Waals surface area contributed by atoms with Gasteiger partial charge in [0.25, 0.3) is 0 Å². The van der Waals surface area contributed by atoms with Crippen LogP contribution in [-0.2, 0) is 32.7 Å². The Morgan fingerprint density at radius 2 is 1.97 bits per heavy atom. The van der Waals surface area contributed by atoms with Crippen molar-refractivity contribution >= 4 is 47.6 Å². The first-order valence-corrected chi connectivity index (χ1v) is 15.4. The molecular formula is C24H37N6O7PS. The monoisotopic (exact) mass is 584 g/mol. The van der Waals surface area contributed by atoms with Gasteiger partial charge < -0.3 is 15.2 Å². The first-order chi connectivity index (χ1) is 18.2. The molecule has 13 nitrogen and oxygen atoms in total. The van der Waals surface area contributed by atoms with E-state index in [0.29, 0.717) is 11.2 Å². The van der Waals surface area contributed by atoms with Gasteiger partial charge in [0.1, 0.15) is 30.2 Å². The third kappa shape index (κ3) is 6.63. The number of thioether (sulfide) groups is 1. The van der Waals surface area contributed by atoms with Gasteiger partial charge in [-0.2, -0.15) is 0 Å². The molecule has 2 aromatic heterocycles. The van der Waals surface area contributed by atoms with E-state index >= 15 is 0 Å². The summed E-state index contributed by atoms with van der Waals surface area (Å²) in [5.41, 5.74) is 6.46. The second kappa shape index (κ2) is 11.4. The Hall–Kier alpha value is -2.09. The van der Waals surface area contributed by atoms with Crippen molar-refractivity contribution in [1.82, 2.24) is 24.6 Å². The zero-order chi connectivity index (χ0) is 28.7. The van der Waals surface area contributed by atoms with Crippen LogP contribution in [0.2, 0.25) is 0 Å². The van der Waals surface area contributed by atoms with Crippen LogP contribution < -0.4 is 10.8 Å². The van der Waals surface area contributed by atoms with Crippen LogP contribution in [0, 0.1) is 17.3 Å². The Morgan fingerprint density at radius 1 is 1.26 bits per heavy atom. The minimum absolute atomic E-state index is 0.00673. The molecule has 216 valence electrons. The van der Waals surface area contributed by atoms with Gasteiger partial charge in [0, 0.05) is 23.0 Å². The van der Waals surface area contributed by atoms with Crippen LogP contribution in [0.4, 0.5) is 5.82 Å². The highest BCUT2D eigenvalue weighted by Gasteiger charge is 2.65. The van der Waals surface area contributed by atoms with E-state index in [9.17, 15) is 14.2 Å². The van der Waals surface area contributed by atoms with E-state index in [1.807, 2.05) is 32.3 Å². The van der Waals surface area contributed by atoms with Crippen molar-refractivity contribution < 1.29 is 32.7 Å². The molecule has 4 rings (SSSR count). The number of nitrogen functional groups attached to an aromatic ring is 1. The van der Waals surface area contributed by atoms with E-state index in [1.54, 1.807) is 20.2 Å². The van der Waals surface area contributed by atoms with Crippen LogP contribution in [0.5, 0.6) is 0 Å². The molecular weight excluding hydrogens is 547 g/mol. The predicted octanol–water partition coefficient (Wildman–Crippen LogP) is 3.32. The minimum Gasteiger partial charge on any atom is -0.462 e. The molecule has 0 radical (unpaired) electrons. The first-order valence-electron chi connectivity index (χ1n) is 12.9. The number of imidazole rings is 1. The average Bonchev–Trinajstić information content (AvgIpc) is 3.14. The number of fused-ring (bicyclic) bond motifs is 2. The predicted molar refractivity (Wildman–Crippen MR) is 145 cm³/mol. The summed E-state index contributed by atoms with van der Waals surface area (Å²) >= 11 is 1.10. The lowest BCUT2D eigenvalue weighted by Gasteiger charge is -2.26. The van der Waals surface area contributed by atoms with Gasteiger partial charge in [0.05, 0.1) is 25.1 Å². The molecule has 3 N–H and O–H groups in total. The van der Waals surface area contributed by atoms with Gasteiger partial charge >= 0.3 is 13.7 Å². The number of nitrogens with one attached hydrogen (secondary N) is 1. The summed E-state index contributed by atoms with van der Waals surface area (Å²) in [4.78, 5) is 37.2. The highest BCUT2D eigenvalue weighted by atomic mass is 32.2. The fraction of sp³-hybridized carbons (Fsp3) is 0.708. The van der Waals surface area contributed by atoms with E-state index in [0.717, 1.165) is 11.8 Å². The number of hydrogen-bond acceptors (Lipinski definition) is 12. The van der Waals surface area contributed by atoms with E-state index in [-0.39, 0.29) is 53.6 Å². The van der Waals surface area contributed by atoms with Crippen LogP contribution in [0.1, 0.15) is 54.7 Å². The zero-order valence-corrected chi connectivity index (χ0v) is 24.9. The van der Waals surface area contributed by atoms with Crippen molar-refractivity contribution in [3.63, 3.8) is 0 Å². The van der Waals surface area contributed by atoms with E-state index in [1.165, 1.54) is 13.3 Å². The van der Waals surface area contributed by atoms with Crippen LogP contribution in [0.3, 0.4) is 0 Å². The van der Waals surface area contributed by atoms with Crippen molar-refractivity contribution in [2.75, 3.05) is 18.1 Å². The van der Waals surface area contributed by atoms with Crippen LogP contribution in [0.15, 0.2) is 12.7 Å². The summed E-state index contributed by atoms with van der Waals surface area (Å²) in [6.07, 6.45) is 1.44. The van der Waals surface area contributed by atoms with Gasteiger partial charge in [-0.1, -0.05) is 39.5 Å². The fourth-order valence-corrected chi connectivity index (χ4v) is 7.01. The lowest BCUT2D eigenvalue weighted by molar-refractivity contribution is -0.149. The van der Waals surface area contributed by atoms with Gasteiger partial charge in [0.15, 0.2) is 16.6 Å². The molecule has 1 saturated carbocycles. The standard InChI is InChI=1S/C24H37N6O7PS/c1-12(2)35-22(31)14(4)29-38(33,34-8-9-39-23(32)24(5,6)7)37-18-15-13(3)21(36-17(15)18)30-11-28-16-19(25)26-10-27-20(16)30/h10-15,17-18,21H,8-9H2,1-7H3,(H,29,33)(H2,25,26,27)/t13-,14+,15?,17-,18?,21+,38?/m0/s1. The number of nitrogens with two attached hydrogens (primary N) is 1. The van der Waals surface area contributed by atoms with Crippen LogP contribution in [0.25, 0.3) is 11.2 Å². The normalized spacial score (nSPS) is 26.8. The van der Waals surface area contributed by atoms with Crippen LogP contribution >= 0.6 is 19.5 Å². The number of anilines is 1. The molecule has 15 heteroatoms. The number of hydrogen-bond donors (Lipinski definition) is 2. The second-order valence-corrected chi connectivity index (χ2v) is 13.9. The quantitative estimate of drug-likeness (QED) is 0.224. The van der Waals surface area contributed by atoms with Gasteiger partial charge in [-0.15, -0.1) is 0 Å². The summed E-state index contributed by atoms with van der Waals surface area (Å²) in [5.74, 6) is -0.122. The molecule has 1 saturated heterocycles. The van der Waals surface area contributed by atoms with Crippen LogP contribution in [-0.4, -0.2) is 67.3 Å². The number of carbonyl (C=O) groups is 2. The molecule has 3 heterocycles. The molecule has 0 amide bonds. The van der Waals surface area contributed by atoms with Gasteiger partial charge in [-0.25, -0.2) is 24.6 Å². The third-order valence-electron chi connectivity index (χ3n) is 6.46. The van der Waals surface area contributed by atoms with Gasteiger partial charge in [-0.3, -0.25) is 23.2 Å². The minimum atomic E-state index is -3.98. The molecule has 3 unspecified atom stereocenters. The van der Waals surface area contributed by atoms with E-state index < -0.39 is 31.3 Å². The maximum Gasteiger partial charge on any atom is 0.406 e. The molecule has 7 atom stereocenters. The number of esters is 1. The second-order valence-electron chi connectivity index (χ2n) is 11.1. The molecule has 2 fully saturated rings. The van der Waals surface area contributed by atoms with Crippen molar-refractivity contribution in [3.8, 4) is 0 Å². The summed E-state index contributed by atoms with van der Waals surface area (Å²) in [5, 5.41) is 2.70. The summed E-state index contributed by atoms with van der Waals surface area (Å²) in [7, 11) is -3.98. The van der Waals surface area contributed by atoms with Crippen molar-refractivity contribution in [1.29, 1.82) is 0 Å². The highest BCUT2D eigenvalue weighted by molar-refractivity contribution is 8.13. The number of aromatic nitrogens is 4.